The Kier molecular flexibility index (Phi) is 4.16. The fourth-order valence-corrected chi connectivity index (χ4v) is 3.04. The van der Waals surface area contributed by atoms with E-state index in [4.69, 9.17) is 9.84 Å². The second-order valence-corrected chi connectivity index (χ2v) is 5.10. The lowest BCUT2D eigenvalue weighted by Gasteiger charge is -2.04. The van der Waals surface area contributed by atoms with E-state index in [-0.39, 0.29) is 6.42 Å². The highest BCUT2D eigenvalue weighted by Crippen LogP contribution is 2.34. The Labute approximate surface area is 115 Å². The van der Waals surface area contributed by atoms with Gasteiger partial charge in [0.05, 0.1) is 24.8 Å². The van der Waals surface area contributed by atoms with E-state index in [1.165, 1.54) is 11.3 Å². The first kappa shape index (κ1) is 13.5. The van der Waals surface area contributed by atoms with Crippen LogP contribution in [0.15, 0.2) is 24.3 Å². The molecule has 0 aliphatic carbocycles. The number of aromatic nitrogens is 1. The van der Waals surface area contributed by atoms with Gasteiger partial charge in [-0.3, -0.25) is 4.79 Å². The molecule has 0 aliphatic heterocycles. The van der Waals surface area contributed by atoms with Crippen LogP contribution in [0, 0.1) is 0 Å². The molecule has 1 aromatic heterocycles. The van der Waals surface area contributed by atoms with Crippen molar-refractivity contribution in [3.8, 4) is 16.3 Å². The average molecular weight is 277 g/mol. The smallest absolute Gasteiger partial charge is 0.308 e. The molecule has 0 aliphatic rings. The third-order valence-corrected chi connectivity index (χ3v) is 3.89. The van der Waals surface area contributed by atoms with Gasteiger partial charge in [-0.05, 0) is 18.6 Å². The minimum absolute atomic E-state index is 0.0238. The van der Waals surface area contributed by atoms with Crippen LogP contribution in [-0.4, -0.2) is 23.2 Å². The van der Waals surface area contributed by atoms with Crippen LogP contribution in [0.4, 0.5) is 0 Å². The maximum absolute atomic E-state index is 10.9. The first-order valence-corrected chi connectivity index (χ1v) is 6.81. The lowest BCUT2D eigenvalue weighted by Crippen LogP contribution is -2.00. The predicted octanol–water partition coefficient (Wildman–Crippen LogP) is 3.01. The fraction of sp³-hybridized carbons (Fsp3) is 0.286. The highest BCUT2D eigenvalue weighted by molar-refractivity contribution is 7.15. The SMILES string of the molecule is CCc1nc(-c2ccccc2OC)sc1CC(=O)O. The monoisotopic (exact) mass is 277 g/mol. The quantitative estimate of drug-likeness (QED) is 0.912. The Hall–Kier alpha value is -1.88. The minimum atomic E-state index is -0.829. The Balaban J connectivity index is 2.45. The number of carbonyl (C=O) groups is 1. The average Bonchev–Trinajstić information content (AvgIpc) is 2.80. The van der Waals surface area contributed by atoms with Crippen LogP contribution in [0.25, 0.3) is 10.6 Å². The van der Waals surface area contributed by atoms with Crippen LogP contribution in [0.5, 0.6) is 5.75 Å². The summed E-state index contributed by atoms with van der Waals surface area (Å²) in [4.78, 5) is 16.2. The van der Waals surface area contributed by atoms with Crippen molar-refractivity contribution < 1.29 is 14.6 Å². The van der Waals surface area contributed by atoms with Gasteiger partial charge in [-0.25, -0.2) is 4.98 Å². The number of aryl methyl sites for hydroxylation is 1. The van der Waals surface area contributed by atoms with E-state index in [1.54, 1.807) is 7.11 Å². The summed E-state index contributed by atoms with van der Waals surface area (Å²) in [5, 5.41) is 9.73. The highest BCUT2D eigenvalue weighted by atomic mass is 32.1. The lowest BCUT2D eigenvalue weighted by atomic mass is 10.2. The Morgan fingerprint density at radius 1 is 1.42 bits per heavy atom. The van der Waals surface area contributed by atoms with E-state index >= 15 is 0 Å². The standard InChI is InChI=1S/C14H15NO3S/c1-3-10-12(8-13(16)17)19-14(15-10)9-6-4-5-7-11(9)18-2/h4-7H,3,8H2,1-2H3,(H,16,17). The van der Waals surface area contributed by atoms with E-state index in [1.807, 2.05) is 31.2 Å². The summed E-state index contributed by atoms with van der Waals surface area (Å²) in [6, 6.07) is 7.62. The van der Waals surface area contributed by atoms with Crippen molar-refractivity contribution in [2.45, 2.75) is 19.8 Å². The Morgan fingerprint density at radius 2 is 2.16 bits per heavy atom. The van der Waals surface area contributed by atoms with Crippen molar-refractivity contribution in [3.05, 3.63) is 34.8 Å². The predicted molar refractivity (Wildman–Crippen MR) is 74.8 cm³/mol. The first-order valence-electron chi connectivity index (χ1n) is 5.99. The van der Waals surface area contributed by atoms with Crippen molar-refractivity contribution in [1.82, 2.24) is 4.98 Å². The van der Waals surface area contributed by atoms with Crippen molar-refractivity contribution in [2.75, 3.05) is 7.11 Å². The third kappa shape index (κ3) is 2.93. The zero-order valence-corrected chi connectivity index (χ0v) is 11.7. The van der Waals surface area contributed by atoms with Crippen LogP contribution < -0.4 is 4.74 Å². The number of hydrogen-bond acceptors (Lipinski definition) is 4. The van der Waals surface area contributed by atoms with E-state index < -0.39 is 5.97 Å². The molecule has 2 aromatic rings. The zero-order chi connectivity index (χ0) is 13.8. The highest BCUT2D eigenvalue weighted by Gasteiger charge is 2.16. The van der Waals surface area contributed by atoms with Crippen molar-refractivity contribution in [1.29, 1.82) is 0 Å². The molecule has 1 heterocycles. The van der Waals surface area contributed by atoms with Gasteiger partial charge in [0.25, 0.3) is 0 Å². The second kappa shape index (κ2) is 5.84. The molecule has 1 aromatic carbocycles. The number of hydrogen-bond donors (Lipinski definition) is 1. The number of aliphatic carboxylic acids is 1. The van der Waals surface area contributed by atoms with Crippen molar-refractivity contribution in [2.24, 2.45) is 0 Å². The molecule has 0 atom stereocenters. The molecule has 5 heteroatoms. The molecule has 0 spiro atoms. The zero-order valence-electron chi connectivity index (χ0n) is 10.8. The van der Waals surface area contributed by atoms with Gasteiger partial charge in [0, 0.05) is 4.88 Å². The number of thiazole rings is 1. The molecule has 0 saturated carbocycles. The summed E-state index contributed by atoms with van der Waals surface area (Å²) < 4.78 is 5.31. The van der Waals surface area contributed by atoms with Gasteiger partial charge in [0.15, 0.2) is 0 Å². The van der Waals surface area contributed by atoms with Gasteiger partial charge in [0.2, 0.25) is 0 Å². The molecule has 4 nitrogen and oxygen atoms in total. The van der Waals surface area contributed by atoms with E-state index in [2.05, 4.69) is 4.98 Å². The molecule has 0 amide bonds. The molecule has 1 N–H and O–H groups in total. The summed E-state index contributed by atoms with van der Waals surface area (Å²) >= 11 is 1.42. The lowest BCUT2D eigenvalue weighted by molar-refractivity contribution is -0.136. The molecular weight excluding hydrogens is 262 g/mol. The molecule has 0 unspecified atom stereocenters. The number of carboxylic acids is 1. The van der Waals surface area contributed by atoms with E-state index in [0.29, 0.717) is 0 Å². The van der Waals surface area contributed by atoms with Crippen molar-refractivity contribution >= 4 is 17.3 Å². The number of para-hydroxylation sites is 1. The van der Waals surface area contributed by atoms with Gasteiger partial charge in [0.1, 0.15) is 10.8 Å². The number of carboxylic acid groups (broad SMARTS) is 1. The molecule has 0 bridgehead atoms. The van der Waals surface area contributed by atoms with Gasteiger partial charge in [-0.1, -0.05) is 19.1 Å². The van der Waals surface area contributed by atoms with Gasteiger partial charge in [-0.2, -0.15) is 0 Å². The summed E-state index contributed by atoms with van der Waals surface area (Å²) in [6.45, 7) is 1.98. The van der Waals surface area contributed by atoms with Crippen LogP contribution in [0.1, 0.15) is 17.5 Å². The van der Waals surface area contributed by atoms with Crippen LogP contribution in [-0.2, 0) is 17.6 Å². The second-order valence-electron chi connectivity index (χ2n) is 4.01. The van der Waals surface area contributed by atoms with Crippen LogP contribution in [0.2, 0.25) is 0 Å². The molecular formula is C14H15NO3S. The Morgan fingerprint density at radius 3 is 2.79 bits per heavy atom. The van der Waals surface area contributed by atoms with Gasteiger partial charge < -0.3 is 9.84 Å². The Bertz CT molecular complexity index is 592. The molecule has 19 heavy (non-hydrogen) atoms. The molecule has 2 rings (SSSR count). The number of ether oxygens (including phenoxy) is 1. The fourth-order valence-electron chi connectivity index (χ4n) is 1.87. The topological polar surface area (TPSA) is 59.4 Å². The largest absolute Gasteiger partial charge is 0.496 e. The summed E-state index contributed by atoms with van der Waals surface area (Å²) in [6.07, 6.45) is 0.754. The molecule has 0 radical (unpaired) electrons. The molecule has 0 fully saturated rings. The molecule has 0 saturated heterocycles. The maximum Gasteiger partial charge on any atom is 0.308 e. The minimum Gasteiger partial charge on any atom is -0.496 e. The van der Waals surface area contributed by atoms with Gasteiger partial charge >= 0.3 is 5.97 Å². The van der Waals surface area contributed by atoms with Crippen LogP contribution in [0.3, 0.4) is 0 Å². The van der Waals surface area contributed by atoms with Crippen LogP contribution >= 0.6 is 11.3 Å². The number of nitrogens with zero attached hydrogens (tertiary/aromatic N) is 1. The van der Waals surface area contributed by atoms with E-state index in [0.717, 1.165) is 33.3 Å². The third-order valence-electron chi connectivity index (χ3n) is 2.76. The summed E-state index contributed by atoms with van der Waals surface area (Å²) in [5.41, 5.74) is 1.76. The molecule has 100 valence electrons. The number of benzene rings is 1. The normalized spacial score (nSPS) is 10.4. The number of methoxy groups -OCH3 is 1. The first-order chi connectivity index (χ1) is 9.15. The summed E-state index contributed by atoms with van der Waals surface area (Å²) in [5.74, 6) is -0.0781. The van der Waals surface area contributed by atoms with Gasteiger partial charge in [-0.15, -0.1) is 11.3 Å². The maximum atomic E-state index is 10.9. The van der Waals surface area contributed by atoms with E-state index in [9.17, 15) is 4.79 Å². The number of rotatable bonds is 5. The van der Waals surface area contributed by atoms with Crippen molar-refractivity contribution in [3.63, 3.8) is 0 Å². The summed E-state index contributed by atoms with van der Waals surface area (Å²) in [7, 11) is 1.62.